The van der Waals surface area contributed by atoms with Gasteiger partial charge in [0.15, 0.2) is 0 Å². The topological polar surface area (TPSA) is 104 Å². The predicted molar refractivity (Wildman–Crippen MR) is 118 cm³/mol. The highest BCUT2D eigenvalue weighted by atomic mass is 32.2. The first kappa shape index (κ1) is 22.1. The Labute approximate surface area is 177 Å². The lowest BCUT2D eigenvalue weighted by Gasteiger charge is -2.21. The number of rotatable bonds is 7. The lowest BCUT2D eigenvalue weighted by molar-refractivity contribution is -0.119. The van der Waals surface area contributed by atoms with E-state index in [1.807, 2.05) is 26.0 Å². The molecule has 0 saturated carbocycles. The second-order valence-electron chi connectivity index (χ2n) is 7.10. The van der Waals surface area contributed by atoms with Gasteiger partial charge in [0.2, 0.25) is 15.9 Å². The van der Waals surface area contributed by atoms with Gasteiger partial charge in [0.05, 0.1) is 22.3 Å². The molecule has 1 fully saturated rings. The van der Waals surface area contributed by atoms with Gasteiger partial charge in [-0.25, -0.2) is 21.1 Å². The minimum atomic E-state index is -3.87. The van der Waals surface area contributed by atoms with E-state index in [9.17, 15) is 21.6 Å². The van der Waals surface area contributed by atoms with Gasteiger partial charge < -0.3 is 4.90 Å². The summed E-state index contributed by atoms with van der Waals surface area (Å²) in [6.45, 7) is 7.34. The molecule has 2 aromatic carbocycles. The van der Waals surface area contributed by atoms with Crippen LogP contribution in [-0.4, -0.2) is 41.6 Å². The number of amides is 1. The highest BCUT2D eigenvalue weighted by Gasteiger charge is 2.41. The first-order chi connectivity index (χ1) is 14.1. The fourth-order valence-corrected chi connectivity index (χ4v) is 6.27. The number of hydrogen-bond acceptors (Lipinski definition) is 6. The first-order valence-electron chi connectivity index (χ1n) is 9.63. The molecular formula is C20H25N3O5S2. The van der Waals surface area contributed by atoms with Crippen molar-refractivity contribution in [3.8, 4) is 0 Å². The maximum absolute atomic E-state index is 12.7. The van der Waals surface area contributed by atoms with Crippen molar-refractivity contribution in [2.75, 3.05) is 32.8 Å². The third-order valence-corrected chi connectivity index (χ3v) is 8.26. The average molecular weight is 452 g/mol. The molecule has 162 valence electrons. The van der Waals surface area contributed by atoms with Crippen LogP contribution in [-0.2, 0) is 24.8 Å². The summed E-state index contributed by atoms with van der Waals surface area (Å²) in [6.07, 6.45) is 0. The first-order valence-corrected chi connectivity index (χ1v) is 12.7. The van der Waals surface area contributed by atoms with Crippen LogP contribution in [0.3, 0.4) is 0 Å². The van der Waals surface area contributed by atoms with Gasteiger partial charge >= 0.3 is 0 Å². The molecule has 0 aliphatic carbocycles. The third kappa shape index (κ3) is 4.29. The van der Waals surface area contributed by atoms with Crippen molar-refractivity contribution in [3.63, 3.8) is 0 Å². The lowest BCUT2D eigenvalue weighted by atomic mass is 10.2. The summed E-state index contributed by atoms with van der Waals surface area (Å²) in [6, 6.07) is 12.3. The van der Waals surface area contributed by atoms with Gasteiger partial charge in [0, 0.05) is 24.5 Å². The molecule has 0 aromatic heterocycles. The Hall–Kier alpha value is -2.59. The van der Waals surface area contributed by atoms with E-state index in [0.717, 1.165) is 23.1 Å². The Balaban J connectivity index is 1.80. The molecular weight excluding hydrogens is 426 g/mol. The second-order valence-corrected chi connectivity index (χ2v) is 10.6. The van der Waals surface area contributed by atoms with E-state index in [4.69, 9.17) is 0 Å². The molecule has 1 unspecified atom stereocenters. The van der Waals surface area contributed by atoms with Crippen molar-refractivity contribution in [2.24, 2.45) is 5.92 Å². The van der Waals surface area contributed by atoms with Crippen molar-refractivity contribution in [1.82, 2.24) is 0 Å². The van der Waals surface area contributed by atoms with Gasteiger partial charge in [0.1, 0.15) is 0 Å². The molecule has 1 atom stereocenters. The van der Waals surface area contributed by atoms with E-state index < -0.39 is 31.9 Å². The molecule has 2 aromatic rings. The number of benzene rings is 2. The van der Waals surface area contributed by atoms with Crippen LogP contribution in [0.25, 0.3) is 0 Å². The fourth-order valence-electron chi connectivity index (χ4n) is 3.39. The average Bonchev–Trinajstić information content (AvgIpc) is 2.90. The molecule has 3 rings (SSSR count). The van der Waals surface area contributed by atoms with E-state index in [1.165, 1.54) is 24.3 Å². The highest BCUT2D eigenvalue weighted by molar-refractivity contribution is 7.94. The normalized spacial score (nSPS) is 18.4. The Bertz CT molecular complexity index is 1120. The minimum Gasteiger partial charge on any atom is -0.372 e. The Kier molecular flexibility index (Phi) is 6.09. The number of nitrogens with one attached hydrogen (secondary N) is 1. The monoisotopic (exact) mass is 451 g/mol. The SMILES string of the molecule is CCN(CC)c1ccc(NS(=O)(=O)c2ccc(N3C(=O)C(C)CS3(=O)=O)cc2)cc1. The molecule has 30 heavy (non-hydrogen) atoms. The molecule has 8 nitrogen and oxygen atoms in total. The molecule has 1 saturated heterocycles. The Morgan fingerprint density at radius 1 is 1.03 bits per heavy atom. The van der Waals surface area contributed by atoms with E-state index in [-0.39, 0.29) is 16.3 Å². The molecule has 1 heterocycles. The van der Waals surface area contributed by atoms with Crippen LogP contribution >= 0.6 is 0 Å². The van der Waals surface area contributed by atoms with Crippen LogP contribution < -0.4 is 13.9 Å². The minimum absolute atomic E-state index is 0.0313. The lowest BCUT2D eigenvalue weighted by Crippen LogP contribution is -2.30. The van der Waals surface area contributed by atoms with E-state index in [1.54, 1.807) is 19.1 Å². The van der Waals surface area contributed by atoms with Crippen LogP contribution in [0.4, 0.5) is 17.1 Å². The Morgan fingerprint density at radius 3 is 2.07 bits per heavy atom. The number of hydrogen-bond donors (Lipinski definition) is 1. The third-order valence-electron chi connectivity index (χ3n) is 4.99. The van der Waals surface area contributed by atoms with Gasteiger partial charge in [-0.3, -0.25) is 9.52 Å². The summed E-state index contributed by atoms with van der Waals surface area (Å²) >= 11 is 0. The number of carbonyl (C=O) groups is 1. The number of nitrogens with zero attached hydrogens (tertiary/aromatic N) is 2. The van der Waals surface area contributed by atoms with Crippen molar-refractivity contribution in [2.45, 2.75) is 25.7 Å². The molecule has 0 spiro atoms. The quantitative estimate of drug-likeness (QED) is 0.694. The van der Waals surface area contributed by atoms with E-state index in [0.29, 0.717) is 5.69 Å². The van der Waals surface area contributed by atoms with Crippen LogP contribution in [0.1, 0.15) is 20.8 Å². The summed E-state index contributed by atoms with van der Waals surface area (Å²) in [5.41, 5.74) is 1.55. The van der Waals surface area contributed by atoms with E-state index in [2.05, 4.69) is 9.62 Å². The van der Waals surface area contributed by atoms with Gasteiger partial charge in [-0.15, -0.1) is 0 Å². The summed E-state index contributed by atoms with van der Waals surface area (Å²) < 4.78 is 53.0. The highest BCUT2D eigenvalue weighted by Crippen LogP contribution is 2.29. The molecule has 10 heteroatoms. The molecule has 0 radical (unpaired) electrons. The molecule has 1 amide bonds. The van der Waals surface area contributed by atoms with Gasteiger partial charge in [0.25, 0.3) is 10.0 Å². The van der Waals surface area contributed by atoms with E-state index >= 15 is 0 Å². The summed E-state index contributed by atoms with van der Waals surface area (Å²) in [5, 5.41) is 0. The standard InChI is InChI=1S/C20H25N3O5S2/c1-4-22(5-2)17-8-6-16(7-9-17)21-30(27,28)19-12-10-18(11-13-19)23-20(24)15(3)14-29(23,25)26/h6-13,15,21H,4-5,14H2,1-3H3. The smallest absolute Gasteiger partial charge is 0.261 e. The Morgan fingerprint density at radius 2 is 1.60 bits per heavy atom. The second kappa shape index (κ2) is 8.27. The van der Waals surface area contributed by atoms with Crippen molar-refractivity contribution in [3.05, 3.63) is 48.5 Å². The predicted octanol–water partition coefficient (Wildman–Crippen LogP) is 2.65. The number of anilines is 3. The van der Waals surface area contributed by atoms with Crippen LogP contribution in [0, 0.1) is 5.92 Å². The molecule has 1 N–H and O–H groups in total. The number of carbonyl (C=O) groups excluding carboxylic acids is 1. The number of sulfonamides is 2. The van der Waals surface area contributed by atoms with Crippen molar-refractivity contribution in [1.29, 1.82) is 0 Å². The molecule has 1 aliphatic heterocycles. The maximum atomic E-state index is 12.7. The van der Waals surface area contributed by atoms with Crippen molar-refractivity contribution < 1.29 is 21.6 Å². The van der Waals surface area contributed by atoms with Crippen LogP contribution in [0.5, 0.6) is 0 Å². The zero-order valence-corrected chi connectivity index (χ0v) is 18.7. The van der Waals surface area contributed by atoms with Crippen LogP contribution in [0.2, 0.25) is 0 Å². The summed E-state index contributed by atoms with van der Waals surface area (Å²) in [5.74, 6) is -1.40. The van der Waals surface area contributed by atoms with Gasteiger partial charge in [-0.1, -0.05) is 6.92 Å². The summed E-state index contributed by atoms with van der Waals surface area (Å²) in [7, 11) is -7.60. The maximum Gasteiger partial charge on any atom is 0.261 e. The zero-order valence-electron chi connectivity index (χ0n) is 17.1. The van der Waals surface area contributed by atoms with Crippen molar-refractivity contribution >= 4 is 43.0 Å². The van der Waals surface area contributed by atoms with Gasteiger partial charge in [-0.05, 0) is 62.4 Å². The zero-order chi connectivity index (χ0) is 22.1. The molecule has 1 aliphatic rings. The largest absolute Gasteiger partial charge is 0.372 e. The summed E-state index contributed by atoms with van der Waals surface area (Å²) in [4.78, 5) is 14.3. The van der Waals surface area contributed by atoms with Crippen LogP contribution in [0.15, 0.2) is 53.4 Å². The fraction of sp³-hybridized carbons (Fsp3) is 0.350. The van der Waals surface area contributed by atoms with Gasteiger partial charge in [-0.2, -0.15) is 0 Å². The molecule has 0 bridgehead atoms.